The Kier molecular flexibility index (Phi) is 5.24. The molecule has 31 heavy (non-hydrogen) atoms. The van der Waals surface area contributed by atoms with Crippen molar-refractivity contribution in [1.29, 1.82) is 0 Å². The molecule has 2 unspecified atom stereocenters. The molecular formula is C24H31FN4O2. The molecule has 1 aliphatic carbocycles. The number of aryl methyl sites for hydroxylation is 1. The third kappa shape index (κ3) is 3.73. The average Bonchev–Trinajstić information content (AvgIpc) is 3.24. The minimum absolute atomic E-state index is 0.118. The predicted octanol–water partition coefficient (Wildman–Crippen LogP) is 3.35. The van der Waals surface area contributed by atoms with Crippen molar-refractivity contribution in [3.05, 3.63) is 35.3 Å². The Labute approximate surface area is 182 Å². The van der Waals surface area contributed by atoms with Gasteiger partial charge in [-0.3, -0.25) is 14.5 Å². The summed E-state index contributed by atoms with van der Waals surface area (Å²) >= 11 is 0. The van der Waals surface area contributed by atoms with Crippen LogP contribution >= 0.6 is 0 Å². The van der Waals surface area contributed by atoms with Crippen molar-refractivity contribution in [1.82, 2.24) is 20.1 Å². The number of H-pyrrole nitrogens is 1. The van der Waals surface area contributed by atoms with Gasteiger partial charge in [0.05, 0.1) is 5.52 Å². The molecule has 0 radical (unpaired) electrons. The Morgan fingerprint density at radius 3 is 2.61 bits per heavy atom. The molecule has 4 aliphatic rings. The molecule has 1 saturated carbocycles. The highest BCUT2D eigenvalue weighted by atomic mass is 19.1. The molecule has 3 saturated heterocycles. The topological polar surface area (TPSA) is 68.4 Å². The number of rotatable bonds is 3. The molecule has 6 rings (SSSR count). The van der Waals surface area contributed by atoms with Crippen LogP contribution in [-0.2, 0) is 4.79 Å². The van der Waals surface area contributed by atoms with Gasteiger partial charge in [-0.25, -0.2) is 4.39 Å². The smallest absolute Gasteiger partial charge is 0.267 e. The number of nitrogens with one attached hydrogen (secondary N) is 2. The van der Waals surface area contributed by atoms with E-state index >= 15 is 0 Å². The van der Waals surface area contributed by atoms with Gasteiger partial charge in [-0.1, -0.05) is 6.07 Å². The molecule has 2 amide bonds. The van der Waals surface area contributed by atoms with E-state index in [0.29, 0.717) is 34.7 Å². The lowest BCUT2D eigenvalue weighted by molar-refractivity contribution is -0.141. The molecule has 2 bridgehead atoms. The lowest BCUT2D eigenvalue weighted by Crippen LogP contribution is -2.66. The first kappa shape index (κ1) is 20.5. The maximum Gasteiger partial charge on any atom is 0.267 e. The van der Waals surface area contributed by atoms with E-state index in [1.807, 2.05) is 11.8 Å². The maximum atomic E-state index is 14.1. The van der Waals surface area contributed by atoms with Gasteiger partial charge < -0.3 is 15.2 Å². The first-order valence-corrected chi connectivity index (χ1v) is 11.5. The zero-order valence-electron chi connectivity index (χ0n) is 18.3. The molecule has 3 aliphatic heterocycles. The van der Waals surface area contributed by atoms with Gasteiger partial charge in [-0.15, -0.1) is 0 Å². The first-order valence-electron chi connectivity index (χ1n) is 11.5. The monoisotopic (exact) mass is 426 g/mol. The highest BCUT2D eigenvalue weighted by Gasteiger charge is 2.43. The number of aromatic nitrogens is 1. The Bertz CT molecular complexity index is 979. The van der Waals surface area contributed by atoms with Gasteiger partial charge in [0.25, 0.3) is 5.91 Å². The van der Waals surface area contributed by atoms with Gasteiger partial charge in [-0.05, 0) is 63.1 Å². The second-order valence-corrected chi connectivity index (χ2v) is 9.58. The van der Waals surface area contributed by atoms with Gasteiger partial charge in [-0.2, -0.15) is 0 Å². The first-order chi connectivity index (χ1) is 14.9. The van der Waals surface area contributed by atoms with Gasteiger partial charge in [0.2, 0.25) is 5.91 Å². The summed E-state index contributed by atoms with van der Waals surface area (Å²) in [7, 11) is 0. The number of carbonyl (C=O) groups excluding carboxylic acids is 2. The summed E-state index contributed by atoms with van der Waals surface area (Å²) in [6, 6.07) is 6.12. The van der Waals surface area contributed by atoms with Crippen LogP contribution in [0.25, 0.3) is 10.9 Å². The number of benzene rings is 1. The van der Waals surface area contributed by atoms with E-state index in [-0.39, 0.29) is 23.7 Å². The number of halogens is 1. The maximum absolute atomic E-state index is 14.1. The molecule has 4 heterocycles. The normalized spacial score (nSPS) is 28.8. The lowest BCUT2D eigenvalue weighted by atomic mass is 9.84. The number of hydrogen-bond acceptors (Lipinski definition) is 3. The van der Waals surface area contributed by atoms with Gasteiger partial charge in [0, 0.05) is 49.6 Å². The molecule has 0 spiro atoms. The number of nitrogens with zero attached hydrogens (tertiary/aromatic N) is 2. The van der Waals surface area contributed by atoms with E-state index in [1.54, 1.807) is 19.1 Å². The summed E-state index contributed by atoms with van der Waals surface area (Å²) in [5.41, 5.74) is 2.03. The van der Waals surface area contributed by atoms with E-state index in [9.17, 15) is 14.0 Å². The SMILES string of the molecule is CC(=O)N1CC2CCC1CN2[C@H]1CCC[C@@H](NC(=O)c2cc3c(F)ccc(C)c3[nH]2)C1. The van der Waals surface area contributed by atoms with Crippen LogP contribution in [0.3, 0.4) is 0 Å². The Balaban J connectivity index is 1.25. The van der Waals surface area contributed by atoms with E-state index in [4.69, 9.17) is 0 Å². The van der Waals surface area contributed by atoms with Crippen LogP contribution in [-0.4, -0.2) is 63.9 Å². The van der Waals surface area contributed by atoms with E-state index in [1.165, 1.54) is 6.07 Å². The molecular weight excluding hydrogens is 395 g/mol. The summed E-state index contributed by atoms with van der Waals surface area (Å²) in [5.74, 6) is -0.287. The largest absolute Gasteiger partial charge is 0.350 e. The lowest BCUT2D eigenvalue weighted by Gasteiger charge is -2.54. The van der Waals surface area contributed by atoms with Gasteiger partial charge in [0.1, 0.15) is 11.5 Å². The molecule has 1 aromatic carbocycles. The zero-order valence-corrected chi connectivity index (χ0v) is 18.3. The summed E-state index contributed by atoms with van der Waals surface area (Å²) in [5, 5.41) is 3.66. The molecule has 1 aromatic heterocycles. The van der Waals surface area contributed by atoms with E-state index in [0.717, 1.165) is 57.2 Å². The molecule has 2 aromatic rings. The number of fused-ring (bicyclic) bond motifs is 4. The van der Waals surface area contributed by atoms with Crippen molar-refractivity contribution in [2.75, 3.05) is 13.1 Å². The summed E-state index contributed by atoms with van der Waals surface area (Å²) in [6.45, 7) is 5.38. The number of aromatic amines is 1. The summed E-state index contributed by atoms with van der Waals surface area (Å²) in [4.78, 5) is 32.6. The molecule has 4 atom stereocenters. The molecule has 6 nitrogen and oxygen atoms in total. The Morgan fingerprint density at radius 1 is 1.10 bits per heavy atom. The third-order valence-corrected chi connectivity index (χ3v) is 7.62. The van der Waals surface area contributed by atoms with Gasteiger partial charge >= 0.3 is 0 Å². The number of hydrogen-bond donors (Lipinski definition) is 2. The Morgan fingerprint density at radius 2 is 1.90 bits per heavy atom. The van der Waals surface area contributed by atoms with Crippen LogP contribution < -0.4 is 5.32 Å². The highest BCUT2D eigenvalue weighted by Crippen LogP contribution is 2.34. The highest BCUT2D eigenvalue weighted by molar-refractivity contribution is 5.99. The number of carbonyl (C=O) groups is 2. The fraction of sp³-hybridized carbons (Fsp3) is 0.583. The fourth-order valence-electron chi connectivity index (χ4n) is 6.00. The average molecular weight is 427 g/mol. The fourth-order valence-corrected chi connectivity index (χ4v) is 6.00. The number of amides is 2. The second-order valence-electron chi connectivity index (χ2n) is 9.58. The standard InChI is InChI=1S/C24H31FN4O2/c1-14-6-9-21(25)20-11-22(27-23(14)20)24(31)26-16-4-3-5-17(10-16)29-13-18-7-8-19(29)12-28(18)15(2)30/h6,9,11,16-19,27H,3-5,7-8,10,12-13H2,1-2H3,(H,26,31)/t16-,17+,18?,19?/m1/s1. The Hall–Kier alpha value is -2.41. The van der Waals surface area contributed by atoms with Crippen LogP contribution in [0.4, 0.5) is 4.39 Å². The quantitative estimate of drug-likeness (QED) is 0.791. The van der Waals surface area contributed by atoms with Crippen molar-refractivity contribution in [3.63, 3.8) is 0 Å². The summed E-state index contributed by atoms with van der Waals surface area (Å²) in [6.07, 6.45) is 6.39. The van der Waals surface area contributed by atoms with Crippen molar-refractivity contribution in [2.45, 2.75) is 76.5 Å². The number of piperazine rings is 1. The minimum Gasteiger partial charge on any atom is -0.350 e. The molecule has 166 valence electrons. The zero-order chi connectivity index (χ0) is 21.7. The third-order valence-electron chi connectivity index (χ3n) is 7.62. The van der Waals surface area contributed by atoms with Crippen LogP contribution in [0.2, 0.25) is 0 Å². The molecule has 4 fully saturated rings. The number of piperidine rings is 2. The van der Waals surface area contributed by atoms with Crippen LogP contribution in [0, 0.1) is 12.7 Å². The molecule has 7 heteroatoms. The van der Waals surface area contributed by atoms with Crippen LogP contribution in [0.15, 0.2) is 18.2 Å². The summed E-state index contributed by atoms with van der Waals surface area (Å²) < 4.78 is 14.1. The van der Waals surface area contributed by atoms with Gasteiger partial charge in [0.15, 0.2) is 0 Å². The second kappa shape index (κ2) is 7.93. The molecule has 2 N–H and O–H groups in total. The van der Waals surface area contributed by atoms with E-state index in [2.05, 4.69) is 15.2 Å². The van der Waals surface area contributed by atoms with Crippen molar-refractivity contribution in [3.8, 4) is 0 Å². The minimum atomic E-state index is -0.312. The van der Waals surface area contributed by atoms with Crippen molar-refractivity contribution >= 4 is 22.7 Å². The van der Waals surface area contributed by atoms with Crippen LogP contribution in [0.5, 0.6) is 0 Å². The van der Waals surface area contributed by atoms with Crippen LogP contribution in [0.1, 0.15) is 61.5 Å². The van der Waals surface area contributed by atoms with Crippen molar-refractivity contribution < 1.29 is 14.0 Å². The van der Waals surface area contributed by atoms with Crippen molar-refractivity contribution in [2.24, 2.45) is 0 Å². The van der Waals surface area contributed by atoms with E-state index < -0.39 is 0 Å². The predicted molar refractivity (Wildman–Crippen MR) is 117 cm³/mol.